The zero-order valence-electron chi connectivity index (χ0n) is 14.8. The molecule has 0 aromatic heterocycles. The molecular formula is C20H22N2O5. The average molecular weight is 370 g/mol. The number of benzene rings is 2. The highest BCUT2D eigenvalue weighted by molar-refractivity contribution is 5.84. The zero-order valence-corrected chi connectivity index (χ0v) is 14.8. The molecule has 2 aromatic carbocycles. The first kappa shape index (κ1) is 20.0. The molecule has 2 rings (SSSR count). The maximum Gasteiger partial charge on any atom is 0.408 e. The van der Waals surface area contributed by atoms with Gasteiger partial charge in [-0.15, -0.1) is 0 Å². The topological polar surface area (TPSA) is 108 Å². The van der Waals surface area contributed by atoms with Crippen molar-refractivity contribution in [1.29, 1.82) is 0 Å². The lowest BCUT2D eigenvalue weighted by Crippen LogP contribution is -2.44. The van der Waals surface area contributed by atoms with Crippen LogP contribution in [0.2, 0.25) is 0 Å². The summed E-state index contributed by atoms with van der Waals surface area (Å²) in [5, 5.41) is 2.37. The van der Waals surface area contributed by atoms with Crippen LogP contribution in [0.4, 0.5) is 4.79 Å². The van der Waals surface area contributed by atoms with Crippen LogP contribution in [0.1, 0.15) is 24.0 Å². The molecule has 0 radical (unpaired) electrons. The van der Waals surface area contributed by atoms with E-state index in [1.165, 1.54) is 0 Å². The number of rotatable bonds is 9. The van der Waals surface area contributed by atoms with Crippen LogP contribution >= 0.6 is 0 Å². The van der Waals surface area contributed by atoms with Crippen LogP contribution in [0.15, 0.2) is 60.7 Å². The van der Waals surface area contributed by atoms with Crippen LogP contribution in [0.5, 0.6) is 0 Å². The molecule has 0 bridgehead atoms. The predicted molar refractivity (Wildman–Crippen MR) is 98.2 cm³/mol. The standard InChI is InChI=1S/C20H22N2O5/c21-19(24)17(22-20(25)27-14-16-9-5-2-6-10-16)11-12-18(23)26-13-15-7-3-1-4-8-15/h1-10,17H,11-14H2,(H2,21,24)(H,22,25)/t17-/m0/s1. The number of carbonyl (C=O) groups is 3. The molecule has 27 heavy (non-hydrogen) atoms. The Morgan fingerprint density at radius 3 is 1.89 bits per heavy atom. The predicted octanol–water partition coefficient (Wildman–Crippen LogP) is 2.29. The molecule has 142 valence electrons. The Bertz CT molecular complexity index is 749. The third-order valence-electron chi connectivity index (χ3n) is 3.73. The summed E-state index contributed by atoms with van der Waals surface area (Å²) in [6.45, 7) is 0.213. The van der Waals surface area contributed by atoms with Crippen LogP contribution in [0.25, 0.3) is 0 Å². The van der Waals surface area contributed by atoms with Gasteiger partial charge in [0.1, 0.15) is 19.3 Å². The number of nitrogens with one attached hydrogen (secondary N) is 1. The summed E-state index contributed by atoms with van der Waals surface area (Å²) in [5.41, 5.74) is 6.96. The van der Waals surface area contributed by atoms with E-state index in [1.54, 1.807) is 0 Å². The molecule has 0 spiro atoms. The van der Waals surface area contributed by atoms with Gasteiger partial charge in [-0.25, -0.2) is 4.79 Å². The molecule has 0 aliphatic heterocycles. The maximum absolute atomic E-state index is 11.8. The molecule has 0 aliphatic rings. The summed E-state index contributed by atoms with van der Waals surface area (Å²) in [4.78, 5) is 35.2. The molecule has 2 aromatic rings. The van der Waals surface area contributed by atoms with Gasteiger partial charge in [-0.2, -0.15) is 0 Å². The Balaban J connectivity index is 1.73. The number of ether oxygens (including phenoxy) is 2. The summed E-state index contributed by atoms with van der Waals surface area (Å²) < 4.78 is 10.2. The highest BCUT2D eigenvalue weighted by Crippen LogP contribution is 2.05. The Kier molecular flexibility index (Phi) is 7.84. The summed E-state index contributed by atoms with van der Waals surface area (Å²) >= 11 is 0. The van der Waals surface area contributed by atoms with Gasteiger partial charge in [0.25, 0.3) is 0 Å². The second kappa shape index (κ2) is 10.6. The summed E-state index contributed by atoms with van der Waals surface area (Å²) in [6, 6.07) is 17.3. The van der Waals surface area contributed by atoms with Crippen molar-refractivity contribution >= 4 is 18.0 Å². The highest BCUT2D eigenvalue weighted by Gasteiger charge is 2.20. The molecule has 7 heteroatoms. The van der Waals surface area contributed by atoms with Gasteiger partial charge in [-0.05, 0) is 17.5 Å². The van der Waals surface area contributed by atoms with E-state index in [0.29, 0.717) is 0 Å². The van der Waals surface area contributed by atoms with Gasteiger partial charge >= 0.3 is 12.1 Å². The van der Waals surface area contributed by atoms with E-state index in [4.69, 9.17) is 15.2 Å². The van der Waals surface area contributed by atoms with Crippen LogP contribution in [0, 0.1) is 0 Å². The van der Waals surface area contributed by atoms with Crippen molar-refractivity contribution in [3.63, 3.8) is 0 Å². The first-order valence-electron chi connectivity index (χ1n) is 8.50. The van der Waals surface area contributed by atoms with E-state index in [-0.39, 0.29) is 26.1 Å². The fourth-order valence-corrected chi connectivity index (χ4v) is 2.27. The molecule has 0 saturated heterocycles. The van der Waals surface area contributed by atoms with Crippen molar-refractivity contribution in [3.8, 4) is 0 Å². The van der Waals surface area contributed by atoms with Crippen molar-refractivity contribution in [2.45, 2.75) is 32.1 Å². The molecule has 0 fully saturated rings. The highest BCUT2D eigenvalue weighted by atomic mass is 16.5. The monoisotopic (exact) mass is 370 g/mol. The molecule has 0 unspecified atom stereocenters. The molecule has 2 amide bonds. The molecule has 0 saturated carbocycles. The summed E-state index contributed by atoms with van der Waals surface area (Å²) in [6.07, 6.45) is -0.802. The lowest BCUT2D eigenvalue weighted by Gasteiger charge is -2.15. The molecule has 0 heterocycles. The lowest BCUT2D eigenvalue weighted by atomic mass is 10.1. The summed E-state index contributed by atoms with van der Waals surface area (Å²) in [7, 11) is 0. The normalized spacial score (nSPS) is 11.3. The molecule has 0 aliphatic carbocycles. The number of hydrogen-bond acceptors (Lipinski definition) is 5. The molecule has 7 nitrogen and oxygen atoms in total. The van der Waals surface area contributed by atoms with Gasteiger partial charge in [0.2, 0.25) is 5.91 Å². The van der Waals surface area contributed by atoms with Crippen LogP contribution in [-0.4, -0.2) is 24.0 Å². The Morgan fingerprint density at radius 2 is 1.37 bits per heavy atom. The number of hydrogen-bond donors (Lipinski definition) is 2. The van der Waals surface area contributed by atoms with Crippen LogP contribution in [0.3, 0.4) is 0 Å². The zero-order chi connectivity index (χ0) is 19.5. The second-order valence-electron chi connectivity index (χ2n) is 5.85. The number of amides is 2. The van der Waals surface area contributed by atoms with Gasteiger partial charge in [0.15, 0.2) is 0 Å². The van der Waals surface area contributed by atoms with Gasteiger partial charge in [-0.3, -0.25) is 9.59 Å². The lowest BCUT2D eigenvalue weighted by molar-refractivity contribution is -0.145. The minimum Gasteiger partial charge on any atom is -0.461 e. The Labute approximate surface area is 157 Å². The Morgan fingerprint density at radius 1 is 0.852 bits per heavy atom. The van der Waals surface area contributed by atoms with Crippen molar-refractivity contribution in [2.75, 3.05) is 0 Å². The number of primary amides is 1. The van der Waals surface area contributed by atoms with Gasteiger partial charge in [0.05, 0.1) is 0 Å². The number of carbonyl (C=O) groups excluding carboxylic acids is 3. The minimum atomic E-state index is -1.02. The smallest absolute Gasteiger partial charge is 0.408 e. The van der Waals surface area contributed by atoms with Crippen LogP contribution in [-0.2, 0) is 32.3 Å². The first-order chi connectivity index (χ1) is 13.0. The maximum atomic E-state index is 11.8. The third kappa shape index (κ3) is 7.60. The fourth-order valence-electron chi connectivity index (χ4n) is 2.27. The van der Waals surface area contributed by atoms with E-state index in [2.05, 4.69) is 5.32 Å². The van der Waals surface area contributed by atoms with E-state index >= 15 is 0 Å². The second-order valence-corrected chi connectivity index (χ2v) is 5.85. The SMILES string of the molecule is NC(=O)[C@H](CCC(=O)OCc1ccccc1)NC(=O)OCc1ccccc1. The summed E-state index contributed by atoms with van der Waals surface area (Å²) in [5.74, 6) is -1.23. The van der Waals surface area contributed by atoms with Gasteiger partial charge < -0.3 is 20.5 Å². The van der Waals surface area contributed by atoms with Crippen molar-refractivity contribution < 1.29 is 23.9 Å². The molecule has 3 N–H and O–H groups in total. The van der Waals surface area contributed by atoms with E-state index in [1.807, 2.05) is 60.7 Å². The number of esters is 1. The molecule has 1 atom stereocenters. The van der Waals surface area contributed by atoms with E-state index < -0.39 is 24.0 Å². The Hall–Kier alpha value is -3.35. The minimum absolute atomic E-state index is 0.0311. The number of alkyl carbamates (subject to hydrolysis) is 1. The average Bonchev–Trinajstić information content (AvgIpc) is 2.69. The van der Waals surface area contributed by atoms with Crippen molar-refractivity contribution in [1.82, 2.24) is 5.32 Å². The first-order valence-corrected chi connectivity index (χ1v) is 8.50. The van der Waals surface area contributed by atoms with E-state index in [0.717, 1.165) is 11.1 Å². The largest absolute Gasteiger partial charge is 0.461 e. The van der Waals surface area contributed by atoms with E-state index in [9.17, 15) is 14.4 Å². The quantitative estimate of drug-likeness (QED) is 0.659. The van der Waals surface area contributed by atoms with Crippen LogP contribution < -0.4 is 11.1 Å². The third-order valence-corrected chi connectivity index (χ3v) is 3.73. The van der Waals surface area contributed by atoms with Gasteiger partial charge in [0, 0.05) is 6.42 Å². The fraction of sp³-hybridized carbons (Fsp3) is 0.250. The molecular weight excluding hydrogens is 348 g/mol. The van der Waals surface area contributed by atoms with Gasteiger partial charge in [-0.1, -0.05) is 60.7 Å². The van der Waals surface area contributed by atoms with Crippen molar-refractivity contribution in [3.05, 3.63) is 71.8 Å². The van der Waals surface area contributed by atoms with Crippen molar-refractivity contribution in [2.24, 2.45) is 5.73 Å². The number of nitrogens with two attached hydrogens (primary N) is 1.